The van der Waals surface area contributed by atoms with Gasteiger partial charge in [-0.2, -0.15) is 0 Å². The Hall–Kier alpha value is -3.05. The van der Waals surface area contributed by atoms with Crippen molar-refractivity contribution in [2.75, 3.05) is 19.8 Å². The monoisotopic (exact) mass is 451 g/mol. The van der Waals surface area contributed by atoms with Crippen LogP contribution in [0.4, 0.5) is 0 Å². The molecular formula is C20H25N3O7S. The van der Waals surface area contributed by atoms with Crippen LogP contribution in [0, 0.1) is 0 Å². The largest absolute Gasteiger partial charge is 0.490 e. The minimum Gasteiger partial charge on any atom is -0.490 e. The molecule has 0 aliphatic carbocycles. The summed E-state index contributed by atoms with van der Waals surface area (Å²) < 4.78 is 43.5. The number of carbonyl (C=O) groups excluding carboxylic acids is 2. The van der Waals surface area contributed by atoms with Crippen molar-refractivity contribution in [3.8, 4) is 11.5 Å². The smallest absolute Gasteiger partial charge is 0.242 e. The summed E-state index contributed by atoms with van der Waals surface area (Å²) in [6.45, 7) is 2.57. The maximum atomic E-state index is 12.5. The lowest BCUT2D eigenvalue weighted by atomic mass is 10.3. The van der Waals surface area contributed by atoms with Crippen LogP contribution in [0.5, 0.6) is 11.5 Å². The number of furan rings is 1. The Labute approximate surface area is 180 Å². The Morgan fingerprint density at radius 3 is 2.65 bits per heavy atom. The van der Waals surface area contributed by atoms with E-state index in [-0.39, 0.29) is 30.3 Å². The average molecular weight is 452 g/mol. The van der Waals surface area contributed by atoms with Crippen molar-refractivity contribution in [3.05, 3.63) is 42.4 Å². The third-order valence-corrected chi connectivity index (χ3v) is 5.92. The lowest BCUT2D eigenvalue weighted by Gasteiger charge is -2.14. The number of amides is 2. The van der Waals surface area contributed by atoms with Gasteiger partial charge in [-0.3, -0.25) is 9.59 Å². The number of rotatable bonds is 9. The maximum Gasteiger partial charge on any atom is 0.242 e. The van der Waals surface area contributed by atoms with Crippen molar-refractivity contribution >= 4 is 21.8 Å². The van der Waals surface area contributed by atoms with E-state index in [4.69, 9.17) is 13.9 Å². The summed E-state index contributed by atoms with van der Waals surface area (Å²) in [7, 11) is -3.84. The molecule has 3 rings (SSSR count). The third kappa shape index (κ3) is 6.46. The van der Waals surface area contributed by atoms with Crippen LogP contribution in [0.15, 0.2) is 45.9 Å². The molecule has 0 bridgehead atoms. The van der Waals surface area contributed by atoms with Crippen molar-refractivity contribution in [1.29, 1.82) is 0 Å². The van der Waals surface area contributed by atoms with E-state index in [2.05, 4.69) is 15.4 Å². The molecule has 1 aromatic heterocycles. The van der Waals surface area contributed by atoms with Gasteiger partial charge in [0.15, 0.2) is 11.5 Å². The molecule has 2 heterocycles. The van der Waals surface area contributed by atoms with Gasteiger partial charge < -0.3 is 24.5 Å². The number of carbonyl (C=O) groups is 2. The molecule has 0 radical (unpaired) electrons. The predicted molar refractivity (Wildman–Crippen MR) is 110 cm³/mol. The normalized spacial score (nSPS) is 14.4. The van der Waals surface area contributed by atoms with Crippen LogP contribution < -0.4 is 24.8 Å². The zero-order valence-electron chi connectivity index (χ0n) is 17.1. The molecule has 2 amide bonds. The summed E-state index contributed by atoms with van der Waals surface area (Å²) >= 11 is 0. The van der Waals surface area contributed by atoms with E-state index in [1.807, 2.05) is 0 Å². The second-order valence-corrected chi connectivity index (χ2v) is 8.66. The summed E-state index contributed by atoms with van der Waals surface area (Å²) in [6, 6.07) is 7.01. The van der Waals surface area contributed by atoms with E-state index < -0.39 is 22.0 Å². The molecule has 10 nitrogen and oxygen atoms in total. The van der Waals surface area contributed by atoms with E-state index in [0.717, 1.165) is 0 Å². The molecule has 31 heavy (non-hydrogen) atoms. The Morgan fingerprint density at radius 2 is 1.90 bits per heavy atom. The number of fused-ring (bicyclic) bond motifs is 1. The topological polar surface area (TPSA) is 136 Å². The van der Waals surface area contributed by atoms with E-state index in [9.17, 15) is 18.0 Å². The molecule has 0 saturated heterocycles. The van der Waals surface area contributed by atoms with E-state index in [0.29, 0.717) is 36.9 Å². The van der Waals surface area contributed by atoms with Gasteiger partial charge in [0.1, 0.15) is 11.8 Å². The summed E-state index contributed by atoms with van der Waals surface area (Å²) in [6.07, 6.45) is 2.09. The van der Waals surface area contributed by atoms with Crippen LogP contribution in [0.1, 0.15) is 25.5 Å². The fraction of sp³-hybridized carbons (Fsp3) is 0.400. The van der Waals surface area contributed by atoms with Crippen molar-refractivity contribution in [2.24, 2.45) is 0 Å². The molecule has 0 saturated carbocycles. The first kappa shape index (κ1) is 22.6. The van der Waals surface area contributed by atoms with Crippen LogP contribution in [-0.4, -0.2) is 46.0 Å². The van der Waals surface area contributed by atoms with Gasteiger partial charge in [-0.1, -0.05) is 0 Å². The second kappa shape index (κ2) is 10.3. The standard InChI is InChI=1S/C20H25N3O7S/c1-14(20(25)21-13-15-4-2-9-28-15)23-19(24)7-8-22-31(26,27)16-5-6-17-18(12-16)30-11-3-10-29-17/h2,4-6,9,12,14,22H,3,7-8,10-11,13H2,1H3,(H,21,25)(H,23,24). The lowest BCUT2D eigenvalue weighted by molar-refractivity contribution is -0.128. The van der Waals surface area contributed by atoms with E-state index in [1.54, 1.807) is 18.2 Å². The van der Waals surface area contributed by atoms with Crippen LogP contribution in [0.3, 0.4) is 0 Å². The molecule has 3 N–H and O–H groups in total. The molecule has 0 spiro atoms. The molecule has 11 heteroatoms. The Morgan fingerprint density at radius 1 is 1.13 bits per heavy atom. The van der Waals surface area contributed by atoms with Crippen LogP contribution in [0.2, 0.25) is 0 Å². The first-order valence-electron chi connectivity index (χ1n) is 9.84. The van der Waals surface area contributed by atoms with Gasteiger partial charge in [0.2, 0.25) is 21.8 Å². The quantitative estimate of drug-likeness (QED) is 0.516. The molecule has 1 aliphatic heterocycles. The second-order valence-electron chi connectivity index (χ2n) is 6.89. The number of ether oxygens (including phenoxy) is 2. The van der Waals surface area contributed by atoms with Crippen molar-refractivity contribution in [2.45, 2.75) is 37.2 Å². The van der Waals surface area contributed by atoms with Gasteiger partial charge in [-0.25, -0.2) is 13.1 Å². The van der Waals surface area contributed by atoms with Gasteiger partial charge in [0.25, 0.3) is 0 Å². The van der Waals surface area contributed by atoms with Crippen molar-refractivity contribution in [1.82, 2.24) is 15.4 Å². The molecule has 0 fully saturated rings. The number of sulfonamides is 1. The highest BCUT2D eigenvalue weighted by molar-refractivity contribution is 7.89. The van der Waals surface area contributed by atoms with Gasteiger partial charge in [-0.15, -0.1) is 0 Å². The highest BCUT2D eigenvalue weighted by atomic mass is 32.2. The Kier molecular flexibility index (Phi) is 7.53. The summed E-state index contributed by atoms with van der Waals surface area (Å²) in [5.41, 5.74) is 0. The predicted octanol–water partition coefficient (Wildman–Crippen LogP) is 0.930. The van der Waals surface area contributed by atoms with Crippen molar-refractivity contribution in [3.63, 3.8) is 0 Å². The molecule has 1 atom stereocenters. The fourth-order valence-electron chi connectivity index (χ4n) is 2.81. The maximum absolute atomic E-state index is 12.5. The van der Waals surface area contributed by atoms with Crippen LogP contribution in [0.25, 0.3) is 0 Å². The third-order valence-electron chi connectivity index (χ3n) is 4.46. The average Bonchev–Trinajstić information content (AvgIpc) is 3.15. The van der Waals surface area contributed by atoms with E-state index >= 15 is 0 Å². The molecule has 1 unspecified atom stereocenters. The fourth-order valence-corrected chi connectivity index (χ4v) is 3.86. The highest BCUT2D eigenvalue weighted by Crippen LogP contribution is 2.31. The summed E-state index contributed by atoms with van der Waals surface area (Å²) in [5, 5.41) is 5.17. The molecule has 168 valence electrons. The summed E-state index contributed by atoms with van der Waals surface area (Å²) in [5.74, 6) is 0.623. The van der Waals surface area contributed by atoms with Gasteiger partial charge in [0, 0.05) is 25.5 Å². The van der Waals surface area contributed by atoms with Gasteiger partial charge in [0.05, 0.1) is 30.9 Å². The lowest BCUT2D eigenvalue weighted by Crippen LogP contribution is -2.45. The highest BCUT2D eigenvalue weighted by Gasteiger charge is 2.20. The summed E-state index contributed by atoms with van der Waals surface area (Å²) in [4.78, 5) is 24.1. The van der Waals surface area contributed by atoms with Crippen molar-refractivity contribution < 1.29 is 31.9 Å². The van der Waals surface area contributed by atoms with Crippen LogP contribution >= 0.6 is 0 Å². The van der Waals surface area contributed by atoms with Crippen LogP contribution in [-0.2, 0) is 26.2 Å². The van der Waals surface area contributed by atoms with Gasteiger partial charge in [-0.05, 0) is 31.2 Å². The minimum atomic E-state index is -3.84. The van der Waals surface area contributed by atoms with E-state index in [1.165, 1.54) is 25.3 Å². The minimum absolute atomic E-state index is 0.0165. The molecule has 2 aromatic rings. The first-order chi connectivity index (χ1) is 14.8. The number of hydrogen-bond acceptors (Lipinski definition) is 7. The first-order valence-corrected chi connectivity index (χ1v) is 11.3. The van der Waals surface area contributed by atoms with Gasteiger partial charge >= 0.3 is 0 Å². The molecule has 1 aliphatic rings. The number of nitrogens with one attached hydrogen (secondary N) is 3. The Balaban J connectivity index is 1.44. The number of benzene rings is 1. The molecular weight excluding hydrogens is 426 g/mol. The molecule has 1 aromatic carbocycles. The SMILES string of the molecule is CC(NC(=O)CCNS(=O)(=O)c1ccc2c(c1)OCCCO2)C(=O)NCc1ccco1. The Bertz CT molecular complexity index is 1010. The zero-order chi connectivity index (χ0) is 22.3. The number of hydrogen-bond donors (Lipinski definition) is 3. The zero-order valence-corrected chi connectivity index (χ0v) is 17.9.